The number of carbonyl (C=O) groups is 1. The van der Waals surface area contributed by atoms with Crippen LogP contribution in [0.5, 0.6) is 5.75 Å². The quantitative estimate of drug-likeness (QED) is 0.339. The summed E-state index contributed by atoms with van der Waals surface area (Å²) >= 11 is 0. The van der Waals surface area contributed by atoms with Crippen molar-refractivity contribution < 1.29 is 14.3 Å². The fourth-order valence-electron chi connectivity index (χ4n) is 4.21. The van der Waals surface area contributed by atoms with Gasteiger partial charge in [-0.25, -0.2) is 0 Å². The van der Waals surface area contributed by atoms with Crippen molar-refractivity contribution in [1.82, 2.24) is 15.1 Å². The van der Waals surface area contributed by atoms with E-state index in [2.05, 4.69) is 34.3 Å². The van der Waals surface area contributed by atoms with Crippen molar-refractivity contribution in [1.29, 1.82) is 0 Å². The van der Waals surface area contributed by atoms with Crippen LogP contribution in [0, 0.1) is 5.92 Å². The van der Waals surface area contributed by atoms with Crippen LogP contribution in [0.3, 0.4) is 0 Å². The maximum atomic E-state index is 12.7. The molecule has 2 aliphatic heterocycles. The van der Waals surface area contributed by atoms with Gasteiger partial charge < -0.3 is 24.6 Å². The van der Waals surface area contributed by atoms with E-state index in [1.807, 2.05) is 24.1 Å². The Balaban J connectivity index is 0.00000341. The van der Waals surface area contributed by atoms with Crippen molar-refractivity contribution in [2.45, 2.75) is 32.1 Å². The molecule has 2 heterocycles. The van der Waals surface area contributed by atoms with Gasteiger partial charge in [-0.05, 0) is 42.9 Å². The number of hydrogen-bond acceptors (Lipinski definition) is 4. The highest BCUT2D eigenvalue weighted by Crippen LogP contribution is 2.22. The van der Waals surface area contributed by atoms with Crippen LogP contribution >= 0.6 is 24.0 Å². The zero-order valence-corrected chi connectivity index (χ0v) is 21.3. The summed E-state index contributed by atoms with van der Waals surface area (Å²) in [7, 11) is 3.52. The van der Waals surface area contributed by atoms with E-state index in [4.69, 9.17) is 9.47 Å². The van der Waals surface area contributed by atoms with E-state index in [0.717, 1.165) is 63.7 Å². The van der Waals surface area contributed by atoms with E-state index >= 15 is 0 Å². The number of rotatable bonds is 6. The van der Waals surface area contributed by atoms with Gasteiger partial charge in [0.1, 0.15) is 5.75 Å². The third-order valence-electron chi connectivity index (χ3n) is 6.22. The van der Waals surface area contributed by atoms with Gasteiger partial charge in [0.2, 0.25) is 5.91 Å². The summed E-state index contributed by atoms with van der Waals surface area (Å²) in [6.07, 6.45) is 2.80. The molecule has 1 atom stereocenters. The summed E-state index contributed by atoms with van der Waals surface area (Å²) in [4.78, 5) is 21.4. The van der Waals surface area contributed by atoms with Crippen LogP contribution in [0.25, 0.3) is 0 Å². The molecule has 0 aliphatic carbocycles. The molecule has 31 heavy (non-hydrogen) atoms. The number of aliphatic imine (C=N–C) groups is 1. The highest BCUT2D eigenvalue weighted by molar-refractivity contribution is 14.0. The third kappa shape index (κ3) is 7.24. The summed E-state index contributed by atoms with van der Waals surface area (Å²) in [5.74, 6) is 2.72. The normalized spacial score (nSPS) is 18.9. The molecule has 174 valence electrons. The monoisotopic (exact) mass is 544 g/mol. The standard InChI is InChI=1S/C23H36N4O3.HI/c1-18(19-4-6-21(29-3)7-5-19)8-11-25-23(24-2)27-12-9-20(10-13-27)22(28)26-14-16-30-17-15-26;/h4-7,18,20H,8-17H2,1-3H3,(H,24,25);1H. The molecule has 0 saturated carbocycles. The minimum atomic E-state index is 0. The average molecular weight is 544 g/mol. The van der Waals surface area contributed by atoms with Gasteiger partial charge in [0.05, 0.1) is 20.3 Å². The van der Waals surface area contributed by atoms with Gasteiger partial charge in [0.15, 0.2) is 5.96 Å². The molecule has 1 unspecified atom stereocenters. The molecule has 0 bridgehead atoms. The van der Waals surface area contributed by atoms with Gasteiger partial charge in [0.25, 0.3) is 0 Å². The highest BCUT2D eigenvalue weighted by atomic mass is 127. The number of ether oxygens (including phenoxy) is 2. The van der Waals surface area contributed by atoms with Crippen LogP contribution < -0.4 is 10.1 Å². The Morgan fingerprint density at radius 2 is 1.81 bits per heavy atom. The second-order valence-electron chi connectivity index (χ2n) is 8.14. The molecule has 7 nitrogen and oxygen atoms in total. The second-order valence-corrected chi connectivity index (χ2v) is 8.14. The number of carbonyl (C=O) groups excluding carboxylic acids is 1. The Morgan fingerprint density at radius 3 is 2.39 bits per heavy atom. The third-order valence-corrected chi connectivity index (χ3v) is 6.22. The number of nitrogens with zero attached hydrogens (tertiary/aromatic N) is 3. The largest absolute Gasteiger partial charge is 0.497 e. The lowest BCUT2D eigenvalue weighted by Gasteiger charge is -2.36. The number of morpholine rings is 1. The van der Waals surface area contributed by atoms with Gasteiger partial charge in [-0.15, -0.1) is 24.0 Å². The van der Waals surface area contributed by atoms with Crippen molar-refractivity contribution in [2.75, 3.05) is 60.1 Å². The molecule has 0 aromatic heterocycles. The Morgan fingerprint density at radius 1 is 1.16 bits per heavy atom. The number of guanidine groups is 1. The minimum absolute atomic E-state index is 0. The lowest BCUT2D eigenvalue weighted by molar-refractivity contribution is -0.140. The van der Waals surface area contributed by atoms with Crippen LogP contribution in [0.2, 0.25) is 0 Å². The molecule has 0 radical (unpaired) electrons. The molecule has 0 spiro atoms. The number of methoxy groups -OCH3 is 1. The van der Waals surface area contributed by atoms with E-state index in [-0.39, 0.29) is 29.9 Å². The number of benzene rings is 1. The first-order valence-electron chi connectivity index (χ1n) is 11.1. The minimum Gasteiger partial charge on any atom is -0.497 e. The van der Waals surface area contributed by atoms with Crippen LogP contribution in [-0.4, -0.2) is 81.8 Å². The highest BCUT2D eigenvalue weighted by Gasteiger charge is 2.30. The van der Waals surface area contributed by atoms with E-state index < -0.39 is 0 Å². The zero-order chi connectivity index (χ0) is 21.3. The van der Waals surface area contributed by atoms with Crippen molar-refractivity contribution in [3.63, 3.8) is 0 Å². The average Bonchev–Trinajstić information content (AvgIpc) is 2.82. The topological polar surface area (TPSA) is 66.4 Å². The summed E-state index contributed by atoms with van der Waals surface area (Å²) in [6, 6.07) is 8.30. The molecular weight excluding hydrogens is 507 g/mol. The maximum absolute atomic E-state index is 12.7. The number of nitrogens with one attached hydrogen (secondary N) is 1. The van der Waals surface area contributed by atoms with Crippen LogP contribution in [0.4, 0.5) is 0 Å². The molecule has 1 N–H and O–H groups in total. The molecule has 1 amide bonds. The van der Waals surface area contributed by atoms with Crippen molar-refractivity contribution in [2.24, 2.45) is 10.9 Å². The molecular formula is C23H37IN4O3. The van der Waals surface area contributed by atoms with Gasteiger partial charge in [-0.3, -0.25) is 9.79 Å². The van der Waals surface area contributed by atoms with Gasteiger partial charge in [-0.1, -0.05) is 19.1 Å². The number of likely N-dealkylation sites (tertiary alicyclic amines) is 1. The fourth-order valence-corrected chi connectivity index (χ4v) is 4.21. The molecule has 8 heteroatoms. The number of piperidine rings is 1. The van der Waals surface area contributed by atoms with Gasteiger partial charge in [-0.2, -0.15) is 0 Å². The number of halogens is 1. The number of hydrogen-bond donors (Lipinski definition) is 1. The van der Waals surface area contributed by atoms with Gasteiger partial charge in [0, 0.05) is 45.7 Å². The molecule has 2 saturated heterocycles. The Kier molecular flexibility index (Phi) is 10.9. The summed E-state index contributed by atoms with van der Waals surface area (Å²) < 4.78 is 10.6. The van der Waals surface area contributed by atoms with E-state index in [9.17, 15) is 4.79 Å². The second kappa shape index (κ2) is 13.1. The summed E-state index contributed by atoms with van der Waals surface area (Å²) in [5.41, 5.74) is 1.31. The Bertz CT molecular complexity index is 699. The van der Waals surface area contributed by atoms with Crippen LogP contribution in [-0.2, 0) is 9.53 Å². The van der Waals surface area contributed by atoms with E-state index in [0.29, 0.717) is 25.0 Å². The van der Waals surface area contributed by atoms with Gasteiger partial charge >= 0.3 is 0 Å². The fraction of sp³-hybridized carbons (Fsp3) is 0.652. The Hall–Kier alpha value is -1.55. The summed E-state index contributed by atoms with van der Waals surface area (Å²) in [6.45, 7) is 7.64. The smallest absolute Gasteiger partial charge is 0.225 e. The molecule has 1 aromatic rings. The predicted molar refractivity (Wildman–Crippen MR) is 134 cm³/mol. The first-order valence-corrected chi connectivity index (χ1v) is 11.1. The summed E-state index contributed by atoms with van der Waals surface area (Å²) in [5, 5.41) is 3.51. The maximum Gasteiger partial charge on any atom is 0.225 e. The van der Waals surface area contributed by atoms with E-state index in [1.165, 1.54) is 5.56 Å². The van der Waals surface area contributed by atoms with E-state index in [1.54, 1.807) is 7.11 Å². The number of amides is 1. The van der Waals surface area contributed by atoms with Crippen LogP contribution in [0.15, 0.2) is 29.3 Å². The van der Waals surface area contributed by atoms with Crippen LogP contribution in [0.1, 0.15) is 37.7 Å². The first-order chi connectivity index (χ1) is 14.6. The first kappa shape index (κ1) is 25.7. The zero-order valence-electron chi connectivity index (χ0n) is 19.0. The van der Waals surface area contributed by atoms with Crippen molar-refractivity contribution >= 4 is 35.8 Å². The lowest BCUT2D eigenvalue weighted by Crippen LogP contribution is -2.50. The molecule has 3 rings (SSSR count). The van der Waals surface area contributed by atoms with Crippen molar-refractivity contribution in [3.8, 4) is 5.75 Å². The molecule has 2 aliphatic rings. The van der Waals surface area contributed by atoms with Crippen molar-refractivity contribution in [3.05, 3.63) is 29.8 Å². The predicted octanol–water partition coefficient (Wildman–Crippen LogP) is 2.95. The SMILES string of the molecule is CN=C(NCCC(C)c1ccc(OC)cc1)N1CCC(C(=O)N2CCOCC2)CC1.I. The Labute approximate surface area is 203 Å². The molecule has 1 aromatic carbocycles. The molecule has 2 fully saturated rings. The lowest BCUT2D eigenvalue weighted by atomic mass is 9.95.